The Labute approximate surface area is 86.3 Å². The number of hydrogen-bond donors (Lipinski definition) is 1. The summed E-state index contributed by atoms with van der Waals surface area (Å²) in [7, 11) is 0. The number of amidine groups is 2. The predicted molar refractivity (Wildman–Crippen MR) is 58.1 cm³/mol. The SMILES string of the molecule is N=C1Sc2ccccc2C2=NCCN12. The second kappa shape index (κ2) is 2.85. The van der Waals surface area contributed by atoms with E-state index in [2.05, 4.69) is 11.1 Å². The zero-order chi connectivity index (χ0) is 9.54. The molecule has 1 N–H and O–H groups in total. The van der Waals surface area contributed by atoms with Crippen LogP contribution in [0.15, 0.2) is 34.2 Å². The van der Waals surface area contributed by atoms with Gasteiger partial charge in [0.1, 0.15) is 5.84 Å². The minimum Gasteiger partial charge on any atom is -0.304 e. The summed E-state index contributed by atoms with van der Waals surface area (Å²) in [6.07, 6.45) is 0. The van der Waals surface area contributed by atoms with Crippen molar-refractivity contribution in [3.8, 4) is 0 Å². The van der Waals surface area contributed by atoms with E-state index in [1.165, 1.54) is 17.3 Å². The first-order valence-electron chi connectivity index (χ1n) is 4.54. The minimum absolute atomic E-state index is 0.597. The van der Waals surface area contributed by atoms with E-state index in [4.69, 9.17) is 5.41 Å². The molecule has 0 aliphatic carbocycles. The third kappa shape index (κ3) is 1.00. The highest BCUT2D eigenvalue weighted by molar-refractivity contribution is 8.14. The smallest absolute Gasteiger partial charge is 0.167 e. The van der Waals surface area contributed by atoms with Crippen LogP contribution in [0.1, 0.15) is 5.56 Å². The van der Waals surface area contributed by atoms with E-state index in [0.29, 0.717) is 5.17 Å². The lowest BCUT2D eigenvalue weighted by Crippen LogP contribution is -2.35. The van der Waals surface area contributed by atoms with Gasteiger partial charge in [-0.25, -0.2) is 0 Å². The van der Waals surface area contributed by atoms with Crippen LogP contribution < -0.4 is 0 Å². The van der Waals surface area contributed by atoms with Gasteiger partial charge in [-0.15, -0.1) is 0 Å². The Morgan fingerprint density at radius 3 is 3.14 bits per heavy atom. The normalized spacial score (nSPS) is 19.0. The largest absolute Gasteiger partial charge is 0.304 e. The van der Waals surface area contributed by atoms with Gasteiger partial charge in [-0.05, 0) is 6.07 Å². The molecule has 0 unspecified atom stereocenters. The topological polar surface area (TPSA) is 39.5 Å². The molecule has 3 rings (SSSR count). The van der Waals surface area contributed by atoms with Gasteiger partial charge in [0.25, 0.3) is 0 Å². The van der Waals surface area contributed by atoms with Gasteiger partial charge in [-0.2, -0.15) is 0 Å². The molecule has 3 nitrogen and oxygen atoms in total. The van der Waals surface area contributed by atoms with Crippen LogP contribution in [0.5, 0.6) is 0 Å². The molecule has 1 aromatic rings. The average molecular weight is 203 g/mol. The van der Waals surface area contributed by atoms with Crippen LogP contribution in [-0.4, -0.2) is 29.0 Å². The summed E-state index contributed by atoms with van der Waals surface area (Å²) in [5, 5.41) is 8.45. The average Bonchev–Trinajstić information content (AvgIpc) is 2.67. The molecule has 0 radical (unpaired) electrons. The first kappa shape index (κ1) is 8.05. The highest BCUT2D eigenvalue weighted by atomic mass is 32.2. The van der Waals surface area contributed by atoms with E-state index >= 15 is 0 Å². The Balaban J connectivity index is 2.20. The molecule has 0 amide bonds. The number of thioether (sulfide) groups is 1. The third-order valence-electron chi connectivity index (χ3n) is 2.42. The highest BCUT2D eigenvalue weighted by Crippen LogP contribution is 2.32. The standard InChI is InChI=1S/C10H9N3S/c11-10-13-6-5-12-9(13)7-3-1-2-4-8(7)14-10/h1-4,11H,5-6H2. The molecule has 0 aromatic heterocycles. The lowest BCUT2D eigenvalue weighted by molar-refractivity contribution is 0.670. The van der Waals surface area contributed by atoms with Crippen LogP contribution >= 0.6 is 11.8 Å². The fourth-order valence-corrected chi connectivity index (χ4v) is 2.69. The van der Waals surface area contributed by atoms with Gasteiger partial charge >= 0.3 is 0 Å². The zero-order valence-electron chi connectivity index (χ0n) is 7.53. The van der Waals surface area contributed by atoms with Gasteiger partial charge in [-0.3, -0.25) is 10.4 Å². The monoisotopic (exact) mass is 203 g/mol. The van der Waals surface area contributed by atoms with Crippen LogP contribution in [0.4, 0.5) is 0 Å². The number of nitrogens with zero attached hydrogens (tertiary/aromatic N) is 2. The van der Waals surface area contributed by atoms with Crippen molar-refractivity contribution in [2.45, 2.75) is 4.90 Å². The molecule has 1 aromatic carbocycles. The minimum atomic E-state index is 0.597. The van der Waals surface area contributed by atoms with E-state index in [0.717, 1.165) is 23.8 Å². The molecule has 0 fully saturated rings. The van der Waals surface area contributed by atoms with Crippen molar-refractivity contribution in [2.24, 2.45) is 4.99 Å². The second-order valence-electron chi connectivity index (χ2n) is 3.26. The molecule has 0 saturated carbocycles. The van der Waals surface area contributed by atoms with Crippen LogP contribution in [0.25, 0.3) is 0 Å². The molecule has 0 spiro atoms. The van der Waals surface area contributed by atoms with Gasteiger partial charge in [0.2, 0.25) is 0 Å². The molecule has 14 heavy (non-hydrogen) atoms. The number of rotatable bonds is 0. The van der Waals surface area contributed by atoms with E-state index in [9.17, 15) is 0 Å². The fraction of sp³-hybridized carbons (Fsp3) is 0.200. The predicted octanol–water partition coefficient (Wildman–Crippen LogP) is 1.79. The van der Waals surface area contributed by atoms with Crippen LogP contribution in [-0.2, 0) is 0 Å². The van der Waals surface area contributed by atoms with Crippen LogP contribution in [0, 0.1) is 5.41 Å². The lowest BCUT2D eigenvalue weighted by Gasteiger charge is -2.26. The molecule has 0 saturated heterocycles. The molecule has 4 heteroatoms. The second-order valence-corrected chi connectivity index (χ2v) is 4.29. The third-order valence-corrected chi connectivity index (χ3v) is 3.41. The van der Waals surface area contributed by atoms with E-state index in [1.54, 1.807) is 0 Å². The number of benzene rings is 1. The number of hydrogen-bond acceptors (Lipinski definition) is 3. The highest BCUT2D eigenvalue weighted by Gasteiger charge is 2.29. The Kier molecular flexibility index (Phi) is 1.64. The maximum absolute atomic E-state index is 7.86. The summed E-state index contributed by atoms with van der Waals surface area (Å²) < 4.78 is 0. The van der Waals surface area contributed by atoms with E-state index < -0.39 is 0 Å². The Bertz CT molecular complexity index is 439. The van der Waals surface area contributed by atoms with Crippen molar-refractivity contribution >= 4 is 22.8 Å². The summed E-state index contributed by atoms with van der Waals surface area (Å²) in [6.45, 7) is 1.67. The molecule has 0 bridgehead atoms. The Morgan fingerprint density at radius 2 is 2.21 bits per heavy atom. The Morgan fingerprint density at radius 1 is 1.36 bits per heavy atom. The van der Waals surface area contributed by atoms with Gasteiger partial charge < -0.3 is 4.90 Å². The first-order chi connectivity index (χ1) is 6.86. The molecular weight excluding hydrogens is 194 g/mol. The lowest BCUT2D eigenvalue weighted by atomic mass is 10.2. The van der Waals surface area contributed by atoms with Crippen LogP contribution in [0.2, 0.25) is 0 Å². The summed E-state index contributed by atoms with van der Waals surface area (Å²) in [5.74, 6) is 0.976. The Hall–Kier alpha value is -1.29. The van der Waals surface area contributed by atoms with Crippen LogP contribution in [0.3, 0.4) is 0 Å². The zero-order valence-corrected chi connectivity index (χ0v) is 8.34. The van der Waals surface area contributed by atoms with Crippen molar-refractivity contribution < 1.29 is 0 Å². The maximum atomic E-state index is 7.86. The van der Waals surface area contributed by atoms with Crippen molar-refractivity contribution in [1.82, 2.24) is 4.90 Å². The van der Waals surface area contributed by atoms with Gasteiger partial charge in [0.05, 0.1) is 6.54 Å². The molecular formula is C10H9N3S. The number of aliphatic imine (C=N–C) groups is 1. The molecule has 70 valence electrons. The quantitative estimate of drug-likeness (QED) is 0.698. The van der Waals surface area contributed by atoms with Gasteiger partial charge in [0.15, 0.2) is 5.17 Å². The molecule has 2 aliphatic heterocycles. The fourth-order valence-electron chi connectivity index (χ4n) is 1.78. The molecule has 0 atom stereocenters. The summed E-state index contributed by atoms with van der Waals surface area (Å²) in [5.41, 5.74) is 1.17. The van der Waals surface area contributed by atoms with Crippen molar-refractivity contribution in [2.75, 3.05) is 13.1 Å². The summed E-state index contributed by atoms with van der Waals surface area (Å²) in [6, 6.07) is 8.15. The van der Waals surface area contributed by atoms with Gasteiger partial charge in [-0.1, -0.05) is 30.0 Å². The first-order valence-corrected chi connectivity index (χ1v) is 5.36. The van der Waals surface area contributed by atoms with Crippen molar-refractivity contribution in [3.05, 3.63) is 29.8 Å². The molecule has 2 aliphatic rings. The number of fused-ring (bicyclic) bond motifs is 3. The molecule has 2 heterocycles. The van der Waals surface area contributed by atoms with Gasteiger partial charge in [0, 0.05) is 17.0 Å². The van der Waals surface area contributed by atoms with E-state index in [1.807, 2.05) is 23.1 Å². The van der Waals surface area contributed by atoms with Crippen molar-refractivity contribution in [3.63, 3.8) is 0 Å². The summed E-state index contributed by atoms with van der Waals surface area (Å²) >= 11 is 1.52. The summed E-state index contributed by atoms with van der Waals surface area (Å²) in [4.78, 5) is 7.56. The number of nitrogens with one attached hydrogen (secondary N) is 1. The van der Waals surface area contributed by atoms with Crippen molar-refractivity contribution in [1.29, 1.82) is 5.41 Å². The maximum Gasteiger partial charge on any atom is 0.167 e. The van der Waals surface area contributed by atoms with E-state index in [-0.39, 0.29) is 0 Å².